The zero-order valence-electron chi connectivity index (χ0n) is 14.1. The maximum atomic E-state index is 5.56. The van der Waals surface area contributed by atoms with E-state index in [2.05, 4.69) is 38.0 Å². The van der Waals surface area contributed by atoms with E-state index in [0.717, 1.165) is 23.4 Å². The summed E-state index contributed by atoms with van der Waals surface area (Å²) in [6.07, 6.45) is 6.78. The SMILES string of the molecule is CCCNC1CCC(C(C)(C)C)CC1Sc1nc(C)co1. The van der Waals surface area contributed by atoms with Gasteiger partial charge < -0.3 is 9.73 Å². The molecule has 1 aliphatic carbocycles. The standard InChI is InChI=1S/C17H30N2OS/c1-6-9-18-14-8-7-13(17(3,4)5)10-15(14)21-16-19-12(2)11-20-16/h11,13-15,18H,6-10H2,1-5H3. The van der Waals surface area contributed by atoms with Crippen molar-refractivity contribution in [3.63, 3.8) is 0 Å². The van der Waals surface area contributed by atoms with Crippen LogP contribution in [0, 0.1) is 18.3 Å². The molecule has 120 valence electrons. The van der Waals surface area contributed by atoms with Gasteiger partial charge >= 0.3 is 0 Å². The Kier molecular flexibility index (Phi) is 5.78. The van der Waals surface area contributed by atoms with Gasteiger partial charge in [0.15, 0.2) is 0 Å². The molecule has 3 nitrogen and oxygen atoms in total. The molecule has 0 saturated heterocycles. The highest BCUT2D eigenvalue weighted by molar-refractivity contribution is 7.99. The van der Waals surface area contributed by atoms with E-state index in [4.69, 9.17) is 4.42 Å². The molecule has 1 aliphatic rings. The van der Waals surface area contributed by atoms with Gasteiger partial charge in [-0.1, -0.05) is 39.5 Å². The summed E-state index contributed by atoms with van der Waals surface area (Å²) < 4.78 is 5.56. The monoisotopic (exact) mass is 310 g/mol. The second-order valence-electron chi connectivity index (χ2n) is 7.35. The van der Waals surface area contributed by atoms with Gasteiger partial charge in [-0.3, -0.25) is 0 Å². The molecule has 4 heteroatoms. The molecular formula is C17H30N2OS. The Morgan fingerprint density at radius 2 is 2.14 bits per heavy atom. The molecule has 0 aromatic carbocycles. The predicted octanol–water partition coefficient (Wildman–Crippen LogP) is 4.66. The maximum absolute atomic E-state index is 5.56. The lowest BCUT2D eigenvalue weighted by Gasteiger charge is -2.41. The average molecular weight is 311 g/mol. The zero-order chi connectivity index (χ0) is 15.5. The smallest absolute Gasteiger partial charge is 0.256 e. The van der Waals surface area contributed by atoms with Gasteiger partial charge in [0, 0.05) is 11.3 Å². The molecule has 1 heterocycles. The number of nitrogens with zero attached hydrogens (tertiary/aromatic N) is 1. The van der Waals surface area contributed by atoms with Crippen LogP contribution in [0.25, 0.3) is 0 Å². The van der Waals surface area contributed by atoms with Gasteiger partial charge in [-0.2, -0.15) is 0 Å². The minimum atomic E-state index is 0.390. The molecule has 0 bridgehead atoms. The number of nitrogens with one attached hydrogen (secondary N) is 1. The fraction of sp³-hybridized carbons (Fsp3) is 0.824. The quantitative estimate of drug-likeness (QED) is 0.858. The molecular weight excluding hydrogens is 280 g/mol. The van der Waals surface area contributed by atoms with Crippen molar-refractivity contribution in [1.82, 2.24) is 10.3 Å². The van der Waals surface area contributed by atoms with Crippen LogP contribution in [0.15, 0.2) is 15.9 Å². The number of oxazole rings is 1. The molecule has 1 aromatic heterocycles. The Hall–Kier alpha value is -0.480. The van der Waals surface area contributed by atoms with Crippen LogP contribution in [0.4, 0.5) is 0 Å². The molecule has 2 rings (SSSR count). The van der Waals surface area contributed by atoms with E-state index in [1.165, 1.54) is 25.7 Å². The van der Waals surface area contributed by atoms with Crippen molar-refractivity contribution in [2.45, 2.75) is 76.8 Å². The topological polar surface area (TPSA) is 38.1 Å². The summed E-state index contributed by atoms with van der Waals surface area (Å²) in [6, 6.07) is 0.584. The van der Waals surface area contributed by atoms with E-state index < -0.39 is 0 Å². The van der Waals surface area contributed by atoms with Gasteiger partial charge in [0.25, 0.3) is 5.22 Å². The summed E-state index contributed by atoms with van der Waals surface area (Å²) in [5.41, 5.74) is 1.36. The largest absolute Gasteiger partial charge is 0.440 e. The first-order valence-electron chi connectivity index (χ1n) is 8.22. The van der Waals surface area contributed by atoms with Crippen LogP contribution in [-0.4, -0.2) is 22.8 Å². The van der Waals surface area contributed by atoms with E-state index in [0.29, 0.717) is 16.7 Å². The van der Waals surface area contributed by atoms with E-state index in [1.807, 2.05) is 18.7 Å². The third-order valence-electron chi connectivity index (χ3n) is 4.52. The molecule has 1 aromatic rings. The molecule has 0 amide bonds. The lowest BCUT2D eigenvalue weighted by atomic mass is 9.71. The van der Waals surface area contributed by atoms with Crippen molar-refractivity contribution in [1.29, 1.82) is 0 Å². The normalized spacial score (nSPS) is 27.0. The van der Waals surface area contributed by atoms with Crippen molar-refractivity contribution in [3.05, 3.63) is 12.0 Å². The van der Waals surface area contributed by atoms with Crippen LogP contribution in [0.1, 0.15) is 59.1 Å². The maximum Gasteiger partial charge on any atom is 0.256 e. The number of hydrogen-bond acceptors (Lipinski definition) is 4. The summed E-state index contributed by atoms with van der Waals surface area (Å²) in [7, 11) is 0. The summed E-state index contributed by atoms with van der Waals surface area (Å²) in [5, 5.41) is 5.12. The lowest BCUT2D eigenvalue weighted by molar-refractivity contribution is 0.164. The second-order valence-corrected chi connectivity index (χ2v) is 8.54. The summed E-state index contributed by atoms with van der Waals surface area (Å²) in [4.78, 5) is 4.48. The summed E-state index contributed by atoms with van der Waals surface area (Å²) in [6.45, 7) is 12.4. The van der Waals surface area contributed by atoms with Crippen LogP contribution in [0.2, 0.25) is 0 Å². The molecule has 1 saturated carbocycles. The van der Waals surface area contributed by atoms with Crippen molar-refractivity contribution in [2.75, 3.05) is 6.54 Å². The summed E-state index contributed by atoms with van der Waals surface area (Å²) >= 11 is 1.82. The molecule has 1 fully saturated rings. The first kappa shape index (κ1) is 16.9. The average Bonchev–Trinajstić information content (AvgIpc) is 2.81. The molecule has 3 unspecified atom stereocenters. The zero-order valence-corrected chi connectivity index (χ0v) is 14.9. The van der Waals surface area contributed by atoms with Crippen LogP contribution in [0.3, 0.4) is 0 Å². The minimum Gasteiger partial charge on any atom is -0.440 e. The van der Waals surface area contributed by atoms with Gasteiger partial charge in [-0.25, -0.2) is 4.98 Å². The van der Waals surface area contributed by atoms with Crippen molar-refractivity contribution < 1.29 is 4.42 Å². The molecule has 0 aliphatic heterocycles. The van der Waals surface area contributed by atoms with Gasteiger partial charge in [0.05, 0.1) is 5.69 Å². The Bertz CT molecular complexity index is 438. The Balaban J connectivity index is 2.05. The highest BCUT2D eigenvalue weighted by Crippen LogP contribution is 2.43. The van der Waals surface area contributed by atoms with Crippen LogP contribution in [0.5, 0.6) is 0 Å². The molecule has 21 heavy (non-hydrogen) atoms. The highest BCUT2D eigenvalue weighted by Gasteiger charge is 2.36. The van der Waals surface area contributed by atoms with Gasteiger partial charge in [-0.05, 0) is 50.5 Å². The number of thioether (sulfide) groups is 1. The van der Waals surface area contributed by atoms with Crippen LogP contribution in [-0.2, 0) is 0 Å². The van der Waals surface area contributed by atoms with Crippen molar-refractivity contribution >= 4 is 11.8 Å². The molecule has 0 radical (unpaired) electrons. The van der Waals surface area contributed by atoms with Crippen LogP contribution < -0.4 is 5.32 Å². The molecule has 0 spiro atoms. The lowest BCUT2D eigenvalue weighted by Crippen LogP contribution is -2.45. The first-order chi connectivity index (χ1) is 9.90. The van der Waals surface area contributed by atoms with Gasteiger partial charge in [-0.15, -0.1) is 0 Å². The Labute approximate surface area is 133 Å². The van der Waals surface area contributed by atoms with E-state index in [9.17, 15) is 0 Å². The van der Waals surface area contributed by atoms with Gasteiger partial charge in [0.2, 0.25) is 0 Å². The van der Waals surface area contributed by atoms with E-state index in [-0.39, 0.29) is 0 Å². The highest BCUT2D eigenvalue weighted by atomic mass is 32.2. The third kappa shape index (κ3) is 4.75. The number of aryl methyl sites for hydroxylation is 1. The Morgan fingerprint density at radius 1 is 1.38 bits per heavy atom. The van der Waals surface area contributed by atoms with Gasteiger partial charge in [0.1, 0.15) is 6.26 Å². The van der Waals surface area contributed by atoms with E-state index >= 15 is 0 Å². The Morgan fingerprint density at radius 3 is 2.71 bits per heavy atom. The first-order valence-corrected chi connectivity index (χ1v) is 9.10. The number of aromatic nitrogens is 1. The minimum absolute atomic E-state index is 0.390. The predicted molar refractivity (Wildman–Crippen MR) is 89.8 cm³/mol. The third-order valence-corrected chi connectivity index (χ3v) is 5.74. The summed E-state index contributed by atoms with van der Waals surface area (Å²) in [5.74, 6) is 0.783. The van der Waals surface area contributed by atoms with E-state index in [1.54, 1.807) is 6.26 Å². The van der Waals surface area contributed by atoms with Crippen molar-refractivity contribution in [3.8, 4) is 0 Å². The molecule has 3 atom stereocenters. The fourth-order valence-electron chi connectivity index (χ4n) is 3.13. The second kappa shape index (κ2) is 7.19. The van der Waals surface area contributed by atoms with Crippen molar-refractivity contribution in [2.24, 2.45) is 11.3 Å². The molecule has 1 N–H and O–H groups in total. The fourth-order valence-corrected chi connectivity index (χ4v) is 4.41. The number of rotatable bonds is 5. The number of hydrogen-bond donors (Lipinski definition) is 1. The van der Waals surface area contributed by atoms with Crippen LogP contribution >= 0.6 is 11.8 Å².